The third-order valence-corrected chi connectivity index (χ3v) is 14.1. The summed E-state index contributed by atoms with van der Waals surface area (Å²) in [4.78, 5) is 0. The summed E-state index contributed by atoms with van der Waals surface area (Å²) < 4.78 is 3.37. The SMILES string of the molecule is Nc1cc2sc3cc(N)cc(sc4cc(N)cc(sc5cc(N)cc(sc6cc(N)cc(sc7cc(N)cc(sc(c1)c2O)c7O)c6O)c5O)c4O)c3O. The molecule has 12 nitrogen and oxygen atoms in total. The second-order valence-electron chi connectivity index (χ2n) is 11.8. The van der Waals surface area contributed by atoms with Crippen molar-refractivity contribution >= 4 is 159 Å². The van der Waals surface area contributed by atoms with Gasteiger partial charge in [-0.05, 0) is 72.8 Å². The maximum absolute atomic E-state index is 11.5. The predicted molar refractivity (Wildman–Crippen MR) is 235 cm³/mol. The van der Waals surface area contributed by atoms with Crippen molar-refractivity contribution < 1.29 is 30.6 Å². The molecule has 0 saturated heterocycles. The summed E-state index contributed by atoms with van der Waals surface area (Å²) in [5.74, 6) is -1.09. The first-order valence-corrected chi connectivity index (χ1v) is 20.4. The number of hydrogen-bond acceptors (Lipinski definition) is 18. The maximum Gasteiger partial charge on any atom is 0.150 e. The quantitative estimate of drug-likeness (QED) is 0.0502. The molecule has 0 aliphatic heterocycles. The molecule has 0 aliphatic rings. The average Bonchev–Trinajstić information content (AvgIpc) is 3.09. The van der Waals surface area contributed by atoms with Crippen LogP contribution < -0.4 is 34.4 Å². The molecule has 0 fully saturated rings. The van der Waals surface area contributed by atoms with Crippen molar-refractivity contribution in [3.05, 3.63) is 72.8 Å². The third kappa shape index (κ3) is 7.25. The van der Waals surface area contributed by atoms with E-state index in [1.807, 2.05) is 0 Å². The van der Waals surface area contributed by atoms with Gasteiger partial charge < -0.3 is 65.0 Å². The number of hydrogen-bond donors (Lipinski definition) is 12. The molecule has 1 heterocycles. The zero-order valence-electron chi connectivity index (χ0n) is 27.5. The largest absolute Gasteiger partial charge is 0.505 e. The highest BCUT2D eigenvalue weighted by atomic mass is 32.1. The van der Waals surface area contributed by atoms with Crippen molar-refractivity contribution in [1.29, 1.82) is 0 Å². The fourth-order valence-electron chi connectivity index (χ4n) is 5.26. The maximum atomic E-state index is 11.5. The average molecular weight is 835 g/mol. The molecule has 0 aliphatic carbocycles. The van der Waals surface area contributed by atoms with Crippen LogP contribution in [0.2, 0.25) is 0 Å². The van der Waals surface area contributed by atoms with Gasteiger partial charge >= 0.3 is 0 Å². The fourth-order valence-corrected chi connectivity index (χ4v) is 11.9. The summed E-state index contributed by atoms with van der Waals surface area (Å²) >= 11 is 6.03. The van der Waals surface area contributed by atoms with Crippen LogP contribution in [0.15, 0.2) is 72.8 Å². The Bertz CT molecular complexity index is 2330. The van der Waals surface area contributed by atoms with Gasteiger partial charge in [-0.3, -0.25) is 0 Å². The Morgan fingerprint density at radius 1 is 0.222 bits per heavy atom. The molecule has 1 aromatic heterocycles. The van der Waals surface area contributed by atoms with Crippen molar-refractivity contribution in [2.24, 2.45) is 0 Å². The van der Waals surface area contributed by atoms with Crippen LogP contribution in [0.1, 0.15) is 0 Å². The van der Waals surface area contributed by atoms with E-state index in [4.69, 9.17) is 34.4 Å². The zero-order chi connectivity index (χ0) is 38.6. The van der Waals surface area contributed by atoms with E-state index in [0.717, 1.165) is 68.0 Å². The molecule has 276 valence electrons. The Morgan fingerprint density at radius 3 is 0.407 bits per heavy atom. The van der Waals surface area contributed by atoms with Crippen LogP contribution >= 0.6 is 68.0 Å². The van der Waals surface area contributed by atoms with E-state index in [9.17, 15) is 30.6 Å². The minimum Gasteiger partial charge on any atom is -0.505 e. The fraction of sp³-hybridized carbons (Fsp3) is 0. The Labute approximate surface area is 328 Å². The Balaban J connectivity index is 1.72. The summed E-state index contributed by atoms with van der Waals surface area (Å²) in [5, 5.41) is 68.9. The lowest BCUT2D eigenvalue weighted by Crippen LogP contribution is -1.85. The smallest absolute Gasteiger partial charge is 0.150 e. The van der Waals surface area contributed by atoms with E-state index in [-0.39, 0.29) is 125 Å². The second-order valence-corrected chi connectivity index (χ2v) is 18.3. The van der Waals surface area contributed by atoms with Gasteiger partial charge in [0.2, 0.25) is 0 Å². The van der Waals surface area contributed by atoms with Gasteiger partial charge in [0.05, 0.1) is 56.4 Å². The van der Waals surface area contributed by atoms with Gasteiger partial charge in [0.15, 0.2) is 0 Å². The van der Waals surface area contributed by atoms with Gasteiger partial charge in [-0.1, -0.05) is 0 Å². The predicted octanol–water partition coefficient (Wildman–Crippen LogP) is 9.76. The number of nitrogens with two attached hydrogens (primary N) is 6. The molecule has 0 atom stereocenters. The van der Waals surface area contributed by atoms with Crippen LogP contribution in [0.5, 0.6) is 34.5 Å². The standard InChI is InChI=1S/C36H30N6O6S6/c37-13-1-19-31(43)20(2-13)50-23-5-15(39)6-24(33(23)45)52-27-9-17(41)10-28(35(27)47)54-30-12-18(42)11-29(36(30)48)53-26-8-16(40)7-25(34(26)46)51-22-4-14(38)3-21(49-19)32(22)44/h1-12,43-48H,37-42H2. The van der Waals surface area contributed by atoms with Gasteiger partial charge in [0.1, 0.15) is 34.5 Å². The van der Waals surface area contributed by atoms with Crippen molar-refractivity contribution in [3.8, 4) is 34.5 Å². The number of aromatic hydroxyl groups is 6. The van der Waals surface area contributed by atoms with E-state index in [1.165, 1.54) is 72.8 Å². The molecule has 18 heteroatoms. The van der Waals surface area contributed by atoms with Gasteiger partial charge in [-0.25, -0.2) is 0 Å². The van der Waals surface area contributed by atoms with E-state index < -0.39 is 0 Å². The van der Waals surface area contributed by atoms with E-state index >= 15 is 0 Å². The lowest BCUT2D eigenvalue weighted by molar-refractivity contribution is 0.487. The van der Waals surface area contributed by atoms with Crippen LogP contribution in [-0.2, 0) is 0 Å². The van der Waals surface area contributed by atoms with Crippen molar-refractivity contribution in [1.82, 2.24) is 0 Å². The molecule has 54 heavy (non-hydrogen) atoms. The third-order valence-electron chi connectivity index (χ3n) is 7.69. The zero-order valence-corrected chi connectivity index (χ0v) is 32.4. The van der Waals surface area contributed by atoms with Gasteiger partial charge in [0, 0.05) is 34.1 Å². The summed E-state index contributed by atoms with van der Waals surface area (Å²) in [7, 11) is 0. The normalized spacial score (nSPS) is 11.1. The summed E-state index contributed by atoms with van der Waals surface area (Å²) in [6.45, 7) is 0. The van der Waals surface area contributed by atoms with Crippen LogP contribution in [0.25, 0.3) is 56.4 Å². The molecule has 18 N–H and O–H groups in total. The molecular formula is C36H30N6O6S6. The van der Waals surface area contributed by atoms with E-state index in [0.29, 0.717) is 0 Å². The first-order chi connectivity index (χ1) is 25.6. The van der Waals surface area contributed by atoms with Gasteiger partial charge in [0.25, 0.3) is 0 Å². The topological polar surface area (TPSA) is 278 Å². The Hall–Kier alpha value is -5.76. The molecule has 0 spiro atoms. The summed E-state index contributed by atoms with van der Waals surface area (Å²) in [6, 6.07) is 18.4. The van der Waals surface area contributed by atoms with Crippen molar-refractivity contribution in [3.63, 3.8) is 0 Å². The summed E-state index contributed by atoms with van der Waals surface area (Å²) in [6.07, 6.45) is 0. The number of phenolic OH excluding ortho intramolecular Hbond substituents is 6. The highest BCUT2D eigenvalue weighted by molar-refractivity contribution is 7.28. The van der Waals surface area contributed by atoms with Crippen LogP contribution in [-0.4, -0.2) is 30.6 Å². The molecular weight excluding hydrogens is 805 g/mol. The van der Waals surface area contributed by atoms with Crippen molar-refractivity contribution in [2.45, 2.75) is 0 Å². The molecule has 0 unspecified atom stereocenters. The number of fused-ring (bicyclic) bond motifs is 12. The van der Waals surface area contributed by atoms with E-state index in [1.54, 1.807) is 0 Å². The molecule has 12 bridgehead atoms. The highest BCUT2D eigenvalue weighted by Gasteiger charge is 2.12. The molecule has 7 aromatic rings. The molecule has 6 aromatic carbocycles. The number of phenols is 6. The molecule has 0 amide bonds. The number of anilines is 6. The minimum atomic E-state index is -0.182. The Kier molecular flexibility index (Phi) is 9.65. The minimum absolute atomic E-state index is 0.182. The lowest BCUT2D eigenvalue weighted by Gasteiger charge is -2.05. The van der Waals surface area contributed by atoms with Crippen molar-refractivity contribution in [2.75, 3.05) is 34.4 Å². The van der Waals surface area contributed by atoms with E-state index in [2.05, 4.69) is 0 Å². The summed E-state index contributed by atoms with van der Waals surface area (Å²) in [5.41, 5.74) is 39.4. The number of rotatable bonds is 0. The first kappa shape index (κ1) is 36.6. The van der Waals surface area contributed by atoms with Gasteiger partial charge in [-0.15, -0.1) is 68.0 Å². The molecule has 7 rings (SSSR count). The monoisotopic (exact) mass is 834 g/mol. The molecule has 0 saturated carbocycles. The van der Waals surface area contributed by atoms with Crippen LogP contribution in [0.4, 0.5) is 34.1 Å². The molecule has 0 radical (unpaired) electrons. The van der Waals surface area contributed by atoms with Crippen LogP contribution in [0.3, 0.4) is 0 Å². The van der Waals surface area contributed by atoms with Gasteiger partial charge in [-0.2, -0.15) is 0 Å². The first-order valence-electron chi connectivity index (χ1n) is 15.5. The van der Waals surface area contributed by atoms with Crippen LogP contribution in [0, 0.1) is 0 Å². The second kappa shape index (κ2) is 14.2. The number of benzene rings is 6. The Morgan fingerprint density at radius 2 is 0.315 bits per heavy atom. The lowest BCUT2D eigenvalue weighted by atomic mass is 10.3. The number of nitrogen functional groups attached to an aromatic ring is 6. The highest BCUT2D eigenvalue weighted by Crippen LogP contribution is 2.45.